The molecular formula is C19H25N5O3. The third-order valence-corrected chi connectivity index (χ3v) is 5.43. The van der Waals surface area contributed by atoms with Crippen molar-refractivity contribution in [1.82, 2.24) is 25.5 Å². The minimum Gasteiger partial charge on any atom is -0.486 e. The lowest BCUT2D eigenvalue weighted by molar-refractivity contribution is -0.124. The second-order valence-electron chi connectivity index (χ2n) is 7.55. The number of fused-ring (bicyclic) bond motifs is 1. The van der Waals surface area contributed by atoms with Crippen LogP contribution in [-0.4, -0.2) is 45.4 Å². The van der Waals surface area contributed by atoms with Gasteiger partial charge in [0.25, 0.3) is 0 Å². The Labute approximate surface area is 158 Å². The van der Waals surface area contributed by atoms with Gasteiger partial charge in [-0.15, -0.1) is 5.10 Å². The van der Waals surface area contributed by atoms with Crippen molar-refractivity contribution in [2.24, 2.45) is 5.41 Å². The Morgan fingerprint density at radius 3 is 2.81 bits per heavy atom. The topological polar surface area (TPSA) is 91.2 Å². The maximum Gasteiger partial charge on any atom is 0.220 e. The van der Waals surface area contributed by atoms with Gasteiger partial charge < -0.3 is 14.8 Å². The monoisotopic (exact) mass is 371 g/mol. The predicted octanol–water partition coefficient (Wildman–Crippen LogP) is 1.97. The fourth-order valence-electron chi connectivity index (χ4n) is 4.08. The Morgan fingerprint density at radius 1 is 1.22 bits per heavy atom. The van der Waals surface area contributed by atoms with E-state index in [4.69, 9.17) is 9.47 Å². The summed E-state index contributed by atoms with van der Waals surface area (Å²) in [6.45, 7) is 1.56. The molecule has 1 N–H and O–H groups in total. The number of ether oxygens (including phenoxy) is 2. The van der Waals surface area contributed by atoms with Gasteiger partial charge in [0.2, 0.25) is 5.91 Å². The molecule has 144 valence electrons. The molecule has 1 aromatic heterocycles. The third kappa shape index (κ3) is 4.37. The van der Waals surface area contributed by atoms with E-state index >= 15 is 0 Å². The van der Waals surface area contributed by atoms with Crippen LogP contribution in [0.15, 0.2) is 30.6 Å². The molecule has 1 atom stereocenters. The number of nitrogens with one attached hydrogen (secondary N) is 1. The summed E-state index contributed by atoms with van der Waals surface area (Å²) >= 11 is 0. The van der Waals surface area contributed by atoms with Crippen LogP contribution >= 0.6 is 0 Å². The molecule has 1 amide bonds. The molecule has 4 rings (SSSR count). The average Bonchev–Trinajstić information content (AvgIpc) is 3.19. The van der Waals surface area contributed by atoms with Crippen LogP contribution < -0.4 is 14.8 Å². The summed E-state index contributed by atoms with van der Waals surface area (Å²) < 4.78 is 13.4. The highest BCUT2D eigenvalue weighted by Gasteiger charge is 2.35. The number of carbonyl (C=O) groups is 1. The van der Waals surface area contributed by atoms with Gasteiger partial charge in [0.1, 0.15) is 19.0 Å². The van der Waals surface area contributed by atoms with Crippen LogP contribution in [0.5, 0.6) is 11.5 Å². The lowest BCUT2D eigenvalue weighted by Gasteiger charge is -2.36. The molecular weight excluding hydrogens is 346 g/mol. The van der Waals surface area contributed by atoms with Crippen molar-refractivity contribution >= 4 is 5.91 Å². The van der Waals surface area contributed by atoms with Gasteiger partial charge in [0.05, 0.1) is 13.1 Å². The molecule has 2 heterocycles. The van der Waals surface area contributed by atoms with Gasteiger partial charge in [-0.05, 0) is 40.8 Å². The number of aromatic nitrogens is 4. The van der Waals surface area contributed by atoms with Crippen molar-refractivity contribution in [3.63, 3.8) is 0 Å². The Balaban J connectivity index is 1.32. The Hall–Kier alpha value is -2.64. The molecule has 0 saturated heterocycles. The highest BCUT2D eigenvalue weighted by Crippen LogP contribution is 2.40. The first kappa shape index (κ1) is 17.8. The lowest BCUT2D eigenvalue weighted by atomic mass is 9.71. The summed E-state index contributed by atoms with van der Waals surface area (Å²) in [5, 5.41) is 14.5. The minimum absolute atomic E-state index is 0.0485. The van der Waals surface area contributed by atoms with Gasteiger partial charge in [-0.1, -0.05) is 31.4 Å². The maximum atomic E-state index is 12.7. The third-order valence-electron chi connectivity index (χ3n) is 5.43. The number of rotatable bonds is 6. The normalized spacial score (nSPS) is 20.8. The van der Waals surface area contributed by atoms with E-state index in [9.17, 15) is 4.79 Å². The first-order valence-electron chi connectivity index (χ1n) is 9.58. The van der Waals surface area contributed by atoms with Crippen LogP contribution in [-0.2, 0) is 11.3 Å². The molecule has 0 unspecified atom stereocenters. The first-order valence-corrected chi connectivity index (χ1v) is 9.58. The number of hydrogen-bond acceptors (Lipinski definition) is 6. The molecule has 2 aliphatic rings. The van der Waals surface area contributed by atoms with Crippen molar-refractivity contribution in [1.29, 1.82) is 0 Å². The summed E-state index contributed by atoms with van der Waals surface area (Å²) in [6.07, 6.45) is 7.50. The fourth-order valence-corrected chi connectivity index (χ4v) is 4.08. The van der Waals surface area contributed by atoms with Crippen LogP contribution in [0.1, 0.15) is 38.5 Å². The molecule has 0 bridgehead atoms. The Morgan fingerprint density at radius 2 is 2.04 bits per heavy atom. The summed E-state index contributed by atoms with van der Waals surface area (Å²) in [4.78, 5) is 12.7. The van der Waals surface area contributed by atoms with Crippen LogP contribution in [0.3, 0.4) is 0 Å². The van der Waals surface area contributed by atoms with Crippen molar-refractivity contribution in [2.45, 2.75) is 51.2 Å². The number of nitrogens with zero attached hydrogens (tertiary/aromatic N) is 4. The zero-order valence-electron chi connectivity index (χ0n) is 15.3. The van der Waals surface area contributed by atoms with E-state index in [0.717, 1.165) is 37.2 Å². The largest absolute Gasteiger partial charge is 0.486 e. The van der Waals surface area contributed by atoms with E-state index in [1.165, 1.54) is 6.42 Å². The van der Waals surface area contributed by atoms with Gasteiger partial charge in [0, 0.05) is 6.42 Å². The lowest BCUT2D eigenvalue weighted by Crippen LogP contribution is -2.43. The first-order chi connectivity index (χ1) is 13.2. The number of amides is 1. The van der Waals surface area contributed by atoms with E-state index < -0.39 is 0 Å². The van der Waals surface area contributed by atoms with Crippen LogP contribution in [0.4, 0.5) is 0 Å². The average molecular weight is 371 g/mol. The van der Waals surface area contributed by atoms with E-state index in [-0.39, 0.29) is 17.4 Å². The van der Waals surface area contributed by atoms with Crippen molar-refractivity contribution in [3.8, 4) is 11.5 Å². The van der Waals surface area contributed by atoms with Gasteiger partial charge >= 0.3 is 0 Å². The molecule has 0 radical (unpaired) electrons. The van der Waals surface area contributed by atoms with Crippen LogP contribution in [0, 0.1) is 5.41 Å². The fraction of sp³-hybridized carbons (Fsp3) is 0.579. The number of hydrogen-bond donors (Lipinski definition) is 1. The maximum absolute atomic E-state index is 12.7. The minimum atomic E-state index is -0.175. The summed E-state index contributed by atoms with van der Waals surface area (Å²) in [6, 6.07) is 7.59. The van der Waals surface area contributed by atoms with Crippen molar-refractivity contribution in [3.05, 3.63) is 30.6 Å². The molecule has 8 heteroatoms. The zero-order chi connectivity index (χ0) is 18.5. The number of carbonyl (C=O) groups excluding carboxylic acids is 1. The molecule has 1 aliphatic heterocycles. The quantitative estimate of drug-likeness (QED) is 0.835. The van der Waals surface area contributed by atoms with Crippen molar-refractivity contribution in [2.75, 3.05) is 13.2 Å². The Kier molecular flexibility index (Phi) is 5.22. The van der Waals surface area contributed by atoms with Crippen molar-refractivity contribution < 1.29 is 14.3 Å². The predicted molar refractivity (Wildman–Crippen MR) is 97.3 cm³/mol. The van der Waals surface area contributed by atoms with Gasteiger partial charge in [-0.3, -0.25) is 4.79 Å². The SMILES string of the molecule is O=C(CC1(Cn2cnnn2)CCCCC1)NC[C@@H]1COc2ccccc2O1. The summed E-state index contributed by atoms with van der Waals surface area (Å²) in [7, 11) is 0. The molecule has 1 saturated carbocycles. The number of benzene rings is 1. The van der Waals surface area contributed by atoms with Crippen LogP contribution in [0.25, 0.3) is 0 Å². The van der Waals surface area contributed by atoms with E-state index in [1.54, 1.807) is 11.0 Å². The standard InChI is InChI=1S/C19H25N5O3/c25-18(20-11-15-12-26-16-6-2-3-7-17(16)27-15)10-19(8-4-1-5-9-19)13-24-14-21-22-23-24/h2-3,6-7,14-15H,1,4-5,8-13H2,(H,20,25)/t15-/m1/s1. The molecule has 1 aliphatic carbocycles. The molecule has 27 heavy (non-hydrogen) atoms. The Bertz CT molecular complexity index is 758. The highest BCUT2D eigenvalue weighted by atomic mass is 16.6. The smallest absolute Gasteiger partial charge is 0.220 e. The molecule has 8 nitrogen and oxygen atoms in total. The zero-order valence-corrected chi connectivity index (χ0v) is 15.3. The second kappa shape index (κ2) is 7.94. The highest BCUT2D eigenvalue weighted by molar-refractivity contribution is 5.76. The molecule has 0 spiro atoms. The van der Waals surface area contributed by atoms with E-state index in [2.05, 4.69) is 20.8 Å². The molecule has 1 aromatic carbocycles. The number of tetrazole rings is 1. The second-order valence-corrected chi connectivity index (χ2v) is 7.55. The van der Waals surface area contributed by atoms with Gasteiger partial charge in [-0.25, -0.2) is 4.68 Å². The summed E-state index contributed by atoms with van der Waals surface area (Å²) in [5.41, 5.74) is -0.0752. The molecule has 1 fully saturated rings. The van der Waals surface area contributed by atoms with Gasteiger partial charge in [-0.2, -0.15) is 0 Å². The summed E-state index contributed by atoms with van der Waals surface area (Å²) in [5.74, 6) is 1.53. The molecule has 2 aromatic rings. The van der Waals surface area contributed by atoms with E-state index in [0.29, 0.717) is 26.1 Å². The van der Waals surface area contributed by atoms with E-state index in [1.807, 2.05) is 24.3 Å². The van der Waals surface area contributed by atoms with Gasteiger partial charge in [0.15, 0.2) is 11.5 Å². The van der Waals surface area contributed by atoms with Crippen LogP contribution in [0.2, 0.25) is 0 Å². The number of para-hydroxylation sites is 2.